The summed E-state index contributed by atoms with van der Waals surface area (Å²) in [5.74, 6) is 1.07. The van der Waals surface area contributed by atoms with Crippen LogP contribution in [0.15, 0.2) is 11.6 Å². The smallest absolute Gasteiger partial charge is 0.0459 e. The van der Waals surface area contributed by atoms with E-state index >= 15 is 0 Å². The molecule has 0 amide bonds. The summed E-state index contributed by atoms with van der Waals surface area (Å²) >= 11 is 0. The Kier molecular flexibility index (Phi) is 6.09. The van der Waals surface area contributed by atoms with E-state index in [0.717, 1.165) is 6.42 Å². The highest BCUT2D eigenvalue weighted by atomic mass is 16.3. The van der Waals surface area contributed by atoms with Gasteiger partial charge >= 0.3 is 0 Å². The summed E-state index contributed by atoms with van der Waals surface area (Å²) in [6, 6.07) is 0. The topological polar surface area (TPSA) is 20.2 Å². The zero-order valence-corrected chi connectivity index (χ0v) is 8.80. The molecule has 0 bridgehead atoms. The fourth-order valence-electron chi connectivity index (χ4n) is 1.10. The molecule has 0 radical (unpaired) electrons. The lowest BCUT2D eigenvalue weighted by molar-refractivity contribution is 0.191. The molecule has 0 aliphatic heterocycles. The second kappa shape index (κ2) is 6.24. The fraction of sp³-hybridized carbons (Fsp3) is 0.818. The van der Waals surface area contributed by atoms with Crippen LogP contribution in [-0.4, -0.2) is 11.7 Å². The molecule has 0 saturated heterocycles. The Balaban J connectivity index is 3.57. The van der Waals surface area contributed by atoms with Crippen molar-refractivity contribution in [2.24, 2.45) is 11.8 Å². The number of hydrogen-bond acceptors (Lipinski definition) is 1. The van der Waals surface area contributed by atoms with E-state index in [9.17, 15) is 0 Å². The van der Waals surface area contributed by atoms with Crippen LogP contribution in [0.1, 0.15) is 40.5 Å². The molecule has 0 heterocycles. The van der Waals surface area contributed by atoms with Crippen molar-refractivity contribution >= 4 is 0 Å². The third-order valence-corrected chi connectivity index (χ3v) is 2.43. The number of allylic oxidation sites excluding steroid dienone is 2. The highest BCUT2D eigenvalue weighted by Gasteiger charge is 2.09. The first-order chi connectivity index (χ1) is 5.57. The summed E-state index contributed by atoms with van der Waals surface area (Å²) < 4.78 is 0. The molecule has 0 unspecified atom stereocenters. The maximum atomic E-state index is 8.90. The van der Waals surface area contributed by atoms with E-state index in [0.29, 0.717) is 18.4 Å². The van der Waals surface area contributed by atoms with Crippen LogP contribution in [0.4, 0.5) is 0 Å². The molecule has 0 aliphatic carbocycles. The van der Waals surface area contributed by atoms with Crippen molar-refractivity contribution < 1.29 is 5.11 Å². The lowest BCUT2D eigenvalue weighted by Gasteiger charge is -2.16. The molecule has 1 nitrogen and oxygen atoms in total. The number of hydrogen-bond donors (Lipinski definition) is 1. The predicted octanol–water partition coefficient (Wildman–Crippen LogP) is 3.00. The second-order valence-electron chi connectivity index (χ2n) is 4.00. The molecule has 2 atom stereocenters. The highest BCUT2D eigenvalue weighted by molar-refractivity contribution is 4.92. The van der Waals surface area contributed by atoms with E-state index in [1.807, 2.05) is 0 Å². The molecule has 1 N–H and O–H groups in total. The zero-order chi connectivity index (χ0) is 9.56. The predicted molar refractivity (Wildman–Crippen MR) is 54.1 cm³/mol. The average Bonchev–Trinajstić information content (AvgIpc) is 2.02. The van der Waals surface area contributed by atoms with Crippen molar-refractivity contribution in [2.75, 3.05) is 6.61 Å². The molecule has 72 valence electrons. The quantitative estimate of drug-likeness (QED) is 0.629. The van der Waals surface area contributed by atoms with Gasteiger partial charge in [0.25, 0.3) is 0 Å². The first-order valence-electron chi connectivity index (χ1n) is 4.82. The molecule has 0 aromatic carbocycles. The van der Waals surface area contributed by atoms with Crippen LogP contribution in [0.3, 0.4) is 0 Å². The van der Waals surface area contributed by atoms with Gasteiger partial charge in [0.2, 0.25) is 0 Å². The molecule has 0 fully saturated rings. The standard InChI is InChI=1S/C11H22O/c1-9(2)6-5-7-10(3)11(4)8-12/h6,10-12H,5,7-8H2,1-4H3/t10-,11-/m0/s1. The maximum absolute atomic E-state index is 8.90. The lowest BCUT2D eigenvalue weighted by atomic mass is 9.92. The van der Waals surface area contributed by atoms with Crippen LogP contribution >= 0.6 is 0 Å². The third-order valence-electron chi connectivity index (χ3n) is 2.43. The van der Waals surface area contributed by atoms with Crippen molar-refractivity contribution in [2.45, 2.75) is 40.5 Å². The monoisotopic (exact) mass is 170 g/mol. The molecule has 0 aromatic rings. The van der Waals surface area contributed by atoms with Gasteiger partial charge in [0.15, 0.2) is 0 Å². The van der Waals surface area contributed by atoms with Crippen molar-refractivity contribution in [3.63, 3.8) is 0 Å². The molecule has 0 aliphatic rings. The first-order valence-corrected chi connectivity index (χ1v) is 4.82. The summed E-state index contributed by atoms with van der Waals surface area (Å²) in [6.07, 6.45) is 4.60. The van der Waals surface area contributed by atoms with Crippen LogP contribution in [0.25, 0.3) is 0 Å². The summed E-state index contributed by atoms with van der Waals surface area (Å²) in [5.41, 5.74) is 1.39. The third kappa shape index (κ3) is 5.36. The van der Waals surface area contributed by atoms with Gasteiger partial charge in [-0.05, 0) is 38.5 Å². The van der Waals surface area contributed by atoms with E-state index in [-0.39, 0.29) is 0 Å². The number of aliphatic hydroxyl groups excluding tert-OH is 1. The molecular formula is C11H22O. The minimum Gasteiger partial charge on any atom is -0.396 e. The summed E-state index contributed by atoms with van der Waals surface area (Å²) in [4.78, 5) is 0. The van der Waals surface area contributed by atoms with Crippen molar-refractivity contribution in [3.05, 3.63) is 11.6 Å². The SMILES string of the molecule is CC(C)=CCC[C@H](C)[C@@H](C)CO. The van der Waals surface area contributed by atoms with Gasteiger partial charge < -0.3 is 5.11 Å². The van der Waals surface area contributed by atoms with E-state index < -0.39 is 0 Å². The summed E-state index contributed by atoms with van der Waals surface area (Å²) in [5, 5.41) is 8.90. The maximum Gasteiger partial charge on any atom is 0.0459 e. The van der Waals surface area contributed by atoms with Gasteiger partial charge in [-0.25, -0.2) is 0 Å². The van der Waals surface area contributed by atoms with Crippen LogP contribution in [0.2, 0.25) is 0 Å². The van der Waals surface area contributed by atoms with Gasteiger partial charge in [-0.15, -0.1) is 0 Å². The normalized spacial score (nSPS) is 15.4. The number of aliphatic hydroxyl groups is 1. The van der Waals surface area contributed by atoms with Crippen LogP contribution in [-0.2, 0) is 0 Å². The van der Waals surface area contributed by atoms with Gasteiger partial charge in [-0.3, -0.25) is 0 Å². The minimum atomic E-state index is 0.315. The Morgan fingerprint density at radius 3 is 2.25 bits per heavy atom. The summed E-state index contributed by atoms with van der Waals surface area (Å²) in [7, 11) is 0. The first kappa shape index (κ1) is 11.7. The largest absolute Gasteiger partial charge is 0.396 e. The van der Waals surface area contributed by atoms with E-state index in [4.69, 9.17) is 5.11 Å². The Labute approximate surface area is 76.5 Å². The lowest BCUT2D eigenvalue weighted by Crippen LogP contribution is -2.11. The van der Waals surface area contributed by atoms with Crippen molar-refractivity contribution in [1.29, 1.82) is 0 Å². The fourth-order valence-corrected chi connectivity index (χ4v) is 1.10. The van der Waals surface area contributed by atoms with Gasteiger partial charge in [0.05, 0.1) is 0 Å². The minimum absolute atomic E-state index is 0.315. The van der Waals surface area contributed by atoms with Crippen molar-refractivity contribution in [1.82, 2.24) is 0 Å². The average molecular weight is 170 g/mol. The second-order valence-corrected chi connectivity index (χ2v) is 4.00. The molecule has 0 aromatic heterocycles. The molecule has 0 spiro atoms. The van der Waals surface area contributed by atoms with Gasteiger partial charge in [0.1, 0.15) is 0 Å². The van der Waals surface area contributed by atoms with Gasteiger partial charge in [-0.1, -0.05) is 25.5 Å². The van der Waals surface area contributed by atoms with Gasteiger partial charge in [-0.2, -0.15) is 0 Å². The Hall–Kier alpha value is -0.300. The van der Waals surface area contributed by atoms with Gasteiger partial charge in [0, 0.05) is 6.61 Å². The van der Waals surface area contributed by atoms with Crippen LogP contribution in [0.5, 0.6) is 0 Å². The Bertz CT molecular complexity index is 134. The van der Waals surface area contributed by atoms with Crippen LogP contribution in [0, 0.1) is 11.8 Å². The molecular weight excluding hydrogens is 148 g/mol. The van der Waals surface area contributed by atoms with E-state index in [1.165, 1.54) is 12.0 Å². The van der Waals surface area contributed by atoms with E-state index in [1.54, 1.807) is 0 Å². The van der Waals surface area contributed by atoms with Crippen molar-refractivity contribution in [3.8, 4) is 0 Å². The summed E-state index contributed by atoms with van der Waals surface area (Å²) in [6.45, 7) is 8.88. The Morgan fingerprint density at radius 2 is 1.83 bits per heavy atom. The molecule has 0 saturated carbocycles. The number of rotatable bonds is 5. The van der Waals surface area contributed by atoms with Crippen LogP contribution < -0.4 is 0 Å². The Morgan fingerprint density at radius 1 is 1.25 bits per heavy atom. The molecule has 0 rings (SSSR count). The van der Waals surface area contributed by atoms with E-state index in [2.05, 4.69) is 33.8 Å². The molecule has 1 heteroatoms. The zero-order valence-electron chi connectivity index (χ0n) is 8.80. The molecule has 12 heavy (non-hydrogen) atoms. The highest BCUT2D eigenvalue weighted by Crippen LogP contribution is 2.16.